The minimum atomic E-state index is -3.97. The number of carboxylic acid groups (broad SMARTS) is 1. The number of hydrogen-bond acceptors (Lipinski definition) is 5. The van der Waals surface area contributed by atoms with Crippen LogP contribution in [0.5, 0.6) is 5.75 Å². The van der Waals surface area contributed by atoms with Crippen molar-refractivity contribution in [2.75, 3.05) is 18.9 Å². The van der Waals surface area contributed by atoms with Gasteiger partial charge in [-0.15, -0.1) is 0 Å². The number of amides is 1. The van der Waals surface area contributed by atoms with Crippen LogP contribution in [-0.4, -0.2) is 49.4 Å². The fraction of sp³-hybridized carbons (Fsp3) is 0.385. The zero-order valence-corrected chi connectivity index (χ0v) is 13.1. The van der Waals surface area contributed by atoms with Gasteiger partial charge in [0.15, 0.2) is 6.10 Å². The Balaban J connectivity index is 2.47. The lowest BCUT2D eigenvalue weighted by atomic mass is 10.1. The zero-order chi connectivity index (χ0) is 16.7. The van der Waals surface area contributed by atoms with Crippen LogP contribution >= 0.6 is 0 Å². The zero-order valence-electron chi connectivity index (χ0n) is 12.3. The van der Waals surface area contributed by atoms with Crippen LogP contribution in [-0.2, 0) is 19.6 Å². The van der Waals surface area contributed by atoms with Crippen LogP contribution in [0.3, 0.4) is 0 Å². The van der Waals surface area contributed by atoms with E-state index in [1.807, 2.05) is 0 Å². The monoisotopic (exact) mass is 328 g/mol. The molecule has 1 unspecified atom stereocenters. The van der Waals surface area contributed by atoms with Crippen molar-refractivity contribution in [1.29, 1.82) is 0 Å². The molecule has 0 fully saturated rings. The lowest BCUT2D eigenvalue weighted by molar-refractivity contribution is -0.137. The Morgan fingerprint density at radius 3 is 2.68 bits per heavy atom. The Labute approximate surface area is 127 Å². The van der Waals surface area contributed by atoms with E-state index in [1.54, 1.807) is 13.8 Å². The molecule has 0 spiro atoms. The maximum absolute atomic E-state index is 12.4. The largest absolute Gasteiger partial charge is 0.480 e. The summed E-state index contributed by atoms with van der Waals surface area (Å²) >= 11 is 0. The summed E-state index contributed by atoms with van der Waals surface area (Å²) in [7, 11) is -2.78. The maximum Gasteiger partial charge on any atom is 0.318 e. The number of likely N-dealkylation sites (N-methyl/N-ethyl adjacent to an activating group) is 1. The molecule has 0 saturated heterocycles. The molecule has 2 N–H and O–H groups in total. The summed E-state index contributed by atoms with van der Waals surface area (Å²) in [4.78, 5) is 22.2. The minimum Gasteiger partial charge on any atom is -0.480 e. The molecule has 1 aromatic carbocycles. The lowest BCUT2D eigenvalue weighted by Crippen LogP contribution is -2.35. The van der Waals surface area contributed by atoms with Crippen molar-refractivity contribution in [3.8, 4) is 5.75 Å². The number of sulfonamides is 1. The van der Waals surface area contributed by atoms with Gasteiger partial charge >= 0.3 is 5.97 Å². The number of aliphatic carboxylic acids is 1. The molecule has 1 aliphatic heterocycles. The van der Waals surface area contributed by atoms with E-state index < -0.39 is 28.6 Å². The number of fused-ring (bicyclic) bond motifs is 1. The molecule has 1 heterocycles. The van der Waals surface area contributed by atoms with E-state index in [4.69, 9.17) is 9.84 Å². The Morgan fingerprint density at radius 1 is 1.45 bits per heavy atom. The Hall–Kier alpha value is -2.13. The summed E-state index contributed by atoms with van der Waals surface area (Å²) in [5.74, 6) is -1.33. The first kappa shape index (κ1) is 16.2. The Bertz CT molecular complexity index is 743. The van der Waals surface area contributed by atoms with Crippen LogP contribution in [0.25, 0.3) is 0 Å². The van der Waals surface area contributed by atoms with Gasteiger partial charge in [-0.3, -0.25) is 9.59 Å². The van der Waals surface area contributed by atoms with E-state index in [0.717, 1.165) is 4.31 Å². The summed E-state index contributed by atoms with van der Waals surface area (Å²) in [6.45, 7) is 2.46. The molecular formula is C13H16N2O6S. The second-order valence-corrected chi connectivity index (χ2v) is 7.03. The molecule has 0 radical (unpaired) electrons. The predicted octanol–water partition coefficient (Wildman–Crippen LogP) is 0.420. The van der Waals surface area contributed by atoms with E-state index in [9.17, 15) is 18.0 Å². The number of aryl methyl sites for hydroxylation is 1. The van der Waals surface area contributed by atoms with Crippen LogP contribution < -0.4 is 10.1 Å². The van der Waals surface area contributed by atoms with Gasteiger partial charge in [-0.1, -0.05) is 0 Å². The van der Waals surface area contributed by atoms with E-state index in [-0.39, 0.29) is 16.6 Å². The third kappa shape index (κ3) is 2.90. The maximum atomic E-state index is 12.4. The van der Waals surface area contributed by atoms with Crippen LogP contribution in [0.15, 0.2) is 17.0 Å². The van der Waals surface area contributed by atoms with Crippen molar-refractivity contribution < 1.29 is 27.9 Å². The van der Waals surface area contributed by atoms with Crippen molar-refractivity contribution in [2.45, 2.75) is 24.8 Å². The summed E-state index contributed by atoms with van der Waals surface area (Å²) in [5, 5.41) is 11.4. The average Bonchev–Trinajstić information content (AvgIpc) is 2.39. The standard InChI is InChI=1S/C13H16N2O6S/c1-7-4-9-10(21-8(2)13(18)14-9)5-11(7)22(19,20)15(3)6-12(16)17/h4-5,8H,6H2,1-3H3,(H,14,18)(H,16,17). The molecule has 9 heteroatoms. The molecule has 1 aromatic rings. The highest BCUT2D eigenvalue weighted by atomic mass is 32.2. The average molecular weight is 328 g/mol. The number of hydrogen-bond donors (Lipinski definition) is 2. The SMILES string of the molecule is Cc1cc2c(cc1S(=O)(=O)N(C)CC(=O)O)OC(C)C(=O)N2. The van der Waals surface area contributed by atoms with Gasteiger partial charge < -0.3 is 15.2 Å². The molecule has 1 amide bonds. The smallest absolute Gasteiger partial charge is 0.318 e. The van der Waals surface area contributed by atoms with Gasteiger partial charge in [0.2, 0.25) is 10.0 Å². The normalized spacial score (nSPS) is 17.6. The first-order chi connectivity index (χ1) is 10.1. The summed E-state index contributed by atoms with van der Waals surface area (Å²) in [6, 6.07) is 2.79. The number of nitrogens with zero attached hydrogens (tertiary/aromatic N) is 1. The number of anilines is 1. The number of ether oxygens (including phenoxy) is 1. The molecule has 1 atom stereocenters. The van der Waals surface area contributed by atoms with Crippen molar-refractivity contribution in [2.24, 2.45) is 0 Å². The number of benzene rings is 1. The summed E-state index contributed by atoms with van der Waals surface area (Å²) < 4.78 is 31.0. The minimum absolute atomic E-state index is 0.0571. The van der Waals surface area contributed by atoms with E-state index in [1.165, 1.54) is 19.2 Å². The van der Waals surface area contributed by atoms with Gasteiger partial charge in [-0.2, -0.15) is 4.31 Å². The quantitative estimate of drug-likeness (QED) is 0.828. The van der Waals surface area contributed by atoms with Gasteiger partial charge in [0, 0.05) is 13.1 Å². The lowest BCUT2D eigenvalue weighted by Gasteiger charge is -2.25. The molecular weight excluding hydrogens is 312 g/mol. The highest BCUT2D eigenvalue weighted by molar-refractivity contribution is 7.89. The molecule has 0 saturated carbocycles. The fourth-order valence-corrected chi connectivity index (χ4v) is 3.40. The Morgan fingerprint density at radius 2 is 2.09 bits per heavy atom. The van der Waals surface area contributed by atoms with Crippen LogP contribution in [0, 0.1) is 6.92 Å². The van der Waals surface area contributed by atoms with Gasteiger partial charge in [-0.25, -0.2) is 8.42 Å². The van der Waals surface area contributed by atoms with Crippen molar-refractivity contribution in [1.82, 2.24) is 4.31 Å². The second kappa shape index (κ2) is 5.58. The summed E-state index contributed by atoms with van der Waals surface area (Å²) in [6.07, 6.45) is -0.734. The van der Waals surface area contributed by atoms with Gasteiger partial charge in [-0.05, 0) is 25.5 Å². The number of carbonyl (C=O) groups excluding carboxylic acids is 1. The molecule has 0 aromatic heterocycles. The Kier molecular flexibility index (Phi) is 4.12. The van der Waals surface area contributed by atoms with Crippen LogP contribution in [0.4, 0.5) is 5.69 Å². The predicted molar refractivity (Wildman–Crippen MR) is 77.4 cm³/mol. The molecule has 0 aliphatic carbocycles. The second-order valence-electron chi connectivity index (χ2n) is 5.02. The fourth-order valence-electron chi connectivity index (χ4n) is 2.06. The first-order valence-electron chi connectivity index (χ1n) is 6.43. The van der Waals surface area contributed by atoms with E-state index >= 15 is 0 Å². The molecule has 2 rings (SSSR count). The summed E-state index contributed by atoms with van der Waals surface area (Å²) in [5.41, 5.74) is 0.773. The molecule has 0 bridgehead atoms. The number of carbonyl (C=O) groups is 2. The van der Waals surface area contributed by atoms with Crippen LogP contribution in [0.2, 0.25) is 0 Å². The number of carboxylic acids is 1. The molecule has 1 aliphatic rings. The first-order valence-corrected chi connectivity index (χ1v) is 7.87. The molecule has 120 valence electrons. The number of nitrogens with one attached hydrogen (secondary N) is 1. The van der Waals surface area contributed by atoms with Crippen molar-refractivity contribution in [3.63, 3.8) is 0 Å². The third-order valence-corrected chi connectivity index (χ3v) is 5.20. The molecule has 8 nitrogen and oxygen atoms in total. The van der Waals surface area contributed by atoms with Gasteiger partial charge in [0.25, 0.3) is 5.91 Å². The number of rotatable bonds is 4. The van der Waals surface area contributed by atoms with Gasteiger partial charge in [0.1, 0.15) is 12.3 Å². The molecule has 22 heavy (non-hydrogen) atoms. The highest BCUT2D eigenvalue weighted by Gasteiger charge is 2.29. The van der Waals surface area contributed by atoms with Crippen LogP contribution in [0.1, 0.15) is 12.5 Å². The van der Waals surface area contributed by atoms with Crippen molar-refractivity contribution in [3.05, 3.63) is 17.7 Å². The topological polar surface area (TPSA) is 113 Å². The van der Waals surface area contributed by atoms with E-state index in [0.29, 0.717) is 11.3 Å². The third-order valence-electron chi connectivity index (χ3n) is 3.25. The highest BCUT2D eigenvalue weighted by Crippen LogP contribution is 2.35. The van der Waals surface area contributed by atoms with E-state index in [2.05, 4.69) is 5.32 Å². The van der Waals surface area contributed by atoms with Gasteiger partial charge in [0.05, 0.1) is 10.6 Å². The van der Waals surface area contributed by atoms with Crippen molar-refractivity contribution >= 4 is 27.6 Å².